The number of rotatable bonds is 2. The van der Waals surface area contributed by atoms with Gasteiger partial charge in [-0.1, -0.05) is 60.2 Å². The molecule has 0 bridgehead atoms. The third-order valence-corrected chi connectivity index (χ3v) is 3.19. The van der Waals surface area contributed by atoms with E-state index in [9.17, 15) is 8.78 Å². The predicted octanol–water partition coefficient (Wildman–Crippen LogP) is 5.10. The van der Waals surface area contributed by atoms with Gasteiger partial charge in [0, 0.05) is 26.2 Å². The maximum absolute atomic E-state index is 13.7. The van der Waals surface area contributed by atoms with Gasteiger partial charge in [-0.05, 0) is 16.7 Å². The summed E-state index contributed by atoms with van der Waals surface area (Å²) in [5, 5.41) is 0. The van der Waals surface area contributed by atoms with Gasteiger partial charge in [0.15, 0.2) is 0 Å². The molecule has 3 aromatic carbocycles. The van der Waals surface area contributed by atoms with Crippen LogP contribution in [0.5, 0.6) is 0 Å². The molecular formula is C18H11F2Re-. The molecule has 0 aliphatic heterocycles. The Morgan fingerprint density at radius 2 is 1.24 bits per heavy atom. The molecule has 3 heteroatoms. The largest absolute Gasteiger partial charge is 0.281 e. The van der Waals surface area contributed by atoms with Gasteiger partial charge in [-0.25, -0.2) is 4.39 Å². The fourth-order valence-electron chi connectivity index (χ4n) is 2.15. The number of hydrogen-bond acceptors (Lipinski definition) is 0. The summed E-state index contributed by atoms with van der Waals surface area (Å²) in [6.45, 7) is 0. The van der Waals surface area contributed by atoms with Gasteiger partial charge in [0.05, 0.1) is 5.82 Å². The second-order valence-electron chi connectivity index (χ2n) is 4.46. The van der Waals surface area contributed by atoms with Crippen LogP contribution in [0, 0.1) is 17.7 Å². The van der Waals surface area contributed by atoms with Gasteiger partial charge in [-0.2, -0.15) is 12.1 Å². The Bertz CT molecular complexity index is 722. The van der Waals surface area contributed by atoms with Crippen LogP contribution in [0.15, 0.2) is 66.7 Å². The van der Waals surface area contributed by atoms with Crippen LogP contribution in [-0.2, 0) is 20.4 Å². The molecular weight excluding hydrogens is 440 g/mol. The summed E-state index contributed by atoms with van der Waals surface area (Å²) in [6.07, 6.45) is 0. The van der Waals surface area contributed by atoms with Crippen LogP contribution < -0.4 is 0 Å². The van der Waals surface area contributed by atoms with E-state index in [1.165, 1.54) is 12.1 Å². The first kappa shape index (κ1) is 15.6. The normalized spacial score (nSPS) is 10.0. The minimum atomic E-state index is -0.949. The van der Waals surface area contributed by atoms with E-state index in [0.717, 1.165) is 11.1 Å². The molecule has 0 heterocycles. The Morgan fingerprint density at radius 1 is 0.667 bits per heavy atom. The molecule has 21 heavy (non-hydrogen) atoms. The van der Waals surface area contributed by atoms with E-state index in [-0.39, 0.29) is 26.0 Å². The molecule has 0 fully saturated rings. The Labute approximate surface area is 136 Å². The van der Waals surface area contributed by atoms with Crippen molar-refractivity contribution in [2.24, 2.45) is 0 Å². The molecule has 0 unspecified atom stereocenters. The third-order valence-electron chi connectivity index (χ3n) is 3.19. The summed E-state index contributed by atoms with van der Waals surface area (Å²) in [5.41, 5.74) is 3.03. The molecule has 3 rings (SSSR count). The van der Waals surface area contributed by atoms with Gasteiger partial charge in [0.2, 0.25) is 0 Å². The summed E-state index contributed by atoms with van der Waals surface area (Å²) in [4.78, 5) is 0. The topological polar surface area (TPSA) is 0 Å². The van der Waals surface area contributed by atoms with Gasteiger partial charge < -0.3 is 0 Å². The van der Waals surface area contributed by atoms with Crippen molar-refractivity contribution in [1.82, 2.24) is 0 Å². The van der Waals surface area contributed by atoms with Crippen molar-refractivity contribution in [3.8, 4) is 22.3 Å². The van der Waals surface area contributed by atoms with Crippen molar-refractivity contribution in [3.05, 3.63) is 84.4 Å². The van der Waals surface area contributed by atoms with Crippen molar-refractivity contribution >= 4 is 0 Å². The van der Waals surface area contributed by atoms with E-state index in [0.29, 0.717) is 5.56 Å². The number of halogens is 2. The average molecular weight is 451 g/mol. The van der Waals surface area contributed by atoms with E-state index in [4.69, 9.17) is 0 Å². The van der Waals surface area contributed by atoms with Crippen LogP contribution in [0.2, 0.25) is 0 Å². The Hall–Kier alpha value is -1.82. The van der Waals surface area contributed by atoms with Crippen molar-refractivity contribution in [2.75, 3.05) is 0 Å². The van der Waals surface area contributed by atoms with Crippen molar-refractivity contribution in [1.29, 1.82) is 0 Å². The van der Waals surface area contributed by atoms with Crippen molar-refractivity contribution < 1.29 is 29.2 Å². The first-order chi connectivity index (χ1) is 9.75. The van der Waals surface area contributed by atoms with E-state index in [1.807, 2.05) is 42.5 Å². The molecule has 0 aliphatic carbocycles. The molecule has 0 nitrogen and oxygen atoms in total. The summed E-state index contributed by atoms with van der Waals surface area (Å²) in [6, 6.07) is 22.4. The minimum absolute atomic E-state index is 0. The van der Waals surface area contributed by atoms with E-state index < -0.39 is 11.6 Å². The Kier molecular flexibility index (Phi) is 5.01. The van der Waals surface area contributed by atoms with Crippen LogP contribution in [-0.4, -0.2) is 0 Å². The van der Waals surface area contributed by atoms with Gasteiger partial charge in [0.25, 0.3) is 0 Å². The molecule has 0 saturated heterocycles. The van der Waals surface area contributed by atoms with Gasteiger partial charge in [0.1, 0.15) is 0 Å². The summed E-state index contributed by atoms with van der Waals surface area (Å²) >= 11 is 0. The summed E-state index contributed by atoms with van der Waals surface area (Å²) < 4.78 is 26.9. The Balaban J connectivity index is 0.00000161. The molecule has 0 aliphatic rings. The maximum Gasteiger partial charge on any atom is 0.0511 e. The molecule has 0 aromatic heterocycles. The first-order valence-corrected chi connectivity index (χ1v) is 6.27. The fraction of sp³-hybridized carbons (Fsp3) is 0. The average Bonchev–Trinajstić information content (AvgIpc) is 2.51. The quantitative estimate of drug-likeness (QED) is 0.476. The molecule has 3 aromatic rings. The second kappa shape index (κ2) is 6.76. The monoisotopic (exact) mass is 452 g/mol. The smallest absolute Gasteiger partial charge is 0.0511 e. The second-order valence-corrected chi connectivity index (χ2v) is 4.46. The van der Waals surface area contributed by atoms with E-state index in [1.54, 1.807) is 12.1 Å². The van der Waals surface area contributed by atoms with Gasteiger partial charge >= 0.3 is 0 Å². The third kappa shape index (κ3) is 3.27. The predicted molar refractivity (Wildman–Crippen MR) is 76.1 cm³/mol. The van der Waals surface area contributed by atoms with Gasteiger partial charge in [-0.3, -0.25) is 4.39 Å². The summed E-state index contributed by atoms with van der Waals surface area (Å²) in [5.74, 6) is -1.81. The van der Waals surface area contributed by atoms with Crippen LogP contribution in [0.25, 0.3) is 22.3 Å². The maximum atomic E-state index is 13.7. The summed E-state index contributed by atoms with van der Waals surface area (Å²) in [7, 11) is 0. The minimum Gasteiger partial charge on any atom is -0.281 e. The zero-order valence-corrected chi connectivity index (χ0v) is 13.7. The number of hydrogen-bond donors (Lipinski definition) is 0. The molecule has 0 atom stereocenters. The number of benzene rings is 3. The fourth-order valence-corrected chi connectivity index (χ4v) is 2.15. The molecule has 0 N–H and O–H groups in total. The zero-order chi connectivity index (χ0) is 13.9. The molecule has 1 radical (unpaired) electrons. The van der Waals surface area contributed by atoms with E-state index >= 15 is 0 Å². The van der Waals surface area contributed by atoms with Crippen LogP contribution in [0.3, 0.4) is 0 Å². The molecule has 0 amide bonds. The van der Waals surface area contributed by atoms with Crippen LogP contribution >= 0.6 is 0 Å². The van der Waals surface area contributed by atoms with Crippen LogP contribution in [0.4, 0.5) is 8.78 Å². The zero-order valence-electron chi connectivity index (χ0n) is 11.0. The van der Waals surface area contributed by atoms with Crippen molar-refractivity contribution in [2.45, 2.75) is 0 Å². The van der Waals surface area contributed by atoms with Gasteiger partial charge in [-0.15, -0.1) is 6.07 Å². The Morgan fingerprint density at radius 3 is 1.90 bits per heavy atom. The van der Waals surface area contributed by atoms with E-state index in [2.05, 4.69) is 6.07 Å². The molecule has 0 spiro atoms. The molecule has 0 saturated carbocycles. The van der Waals surface area contributed by atoms with Crippen molar-refractivity contribution in [3.63, 3.8) is 0 Å². The SMILES string of the molecule is Fc1[c-]ccc(-c2ccc(-c3ccccc3)cc2)c1F.[Re]. The van der Waals surface area contributed by atoms with Crippen LogP contribution in [0.1, 0.15) is 0 Å². The standard InChI is InChI=1S/C18H11F2.Re/c19-17-8-4-7-16(18(17)20)15-11-9-14(10-12-15)13-5-2-1-3-6-13;/h1-7,9-12H;/q-1;. The first-order valence-electron chi connectivity index (χ1n) is 6.27. The molecule has 105 valence electrons.